The zero-order valence-corrected chi connectivity index (χ0v) is 5.94. The molecule has 0 unspecified atom stereocenters. The van der Waals surface area contributed by atoms with Gasteiger partial charge in [0, 0.05) is 6.92 Å². The second kappa shape index (κ2) is 5.06. The number of aromatic carboxylic acids is 1. The maximum absolute atomic E-state index is 9.97. The van der Waals surface area contributed by atoms with Crippen molar-refractivity contribution < 1.29 is 14.3 Å². The van der Waals surface area contributed by atoms with Gasteiger partial charge in [0.2, 0.25) is 5.76 Å². The molecule has 11 heavy (non-hydrogen) atoms. The van der Waals surface area contributed by atoms with E-state index in [1.165, 1.54) is 25.3 Å². The Bertz CT molecular complexity index is 245. The van der Waals surface area contributed by atoms with Gasteiger partial charge in [-0.2, -0.15) is 5.26 Å². The van der Waals surface area contributed by atoms with E-state index in [0.29, 0.717) is 0 Å². The van der Waals surface area contributed by atoms with Crippen molar-refractivity contribution >= 4 is 5.97 Å². The van der Waals surface area contributed by atoms with Gasteiger partial charge in [0.1, 0.15) is 0 Å². The Labute approximate surface area is 63.7 Å². The number of nitriles is 1. The van der Waals surface area contributed by atoms with E-state index in [2.05, 4.69) is 4.42 Å². The third-order valence-electron chi connectivity index (χ3n) is 0.732. The first-order chi connectivity index (χ1) is 5.22. The molecular formula is C7H7NO3. The molecule has 0 radical (unpaired) electrons. The number of rotatable bonds is 1. The van der Waals surface area contributed by atoms with Crippen LogP contribution in [0.15, 0.2) is 22.8 Å². The van der Waals surface area contributed by atoms with Gasteiger partial charge < -0.3 is 9.52 Å². The van der Waals surface area contributed by atoms with Crippen LogP contribution in [0.4, 0.5) is 0 Å². The highest BCUT2D eigenvalue weighted by atomic mass is 16.4. The number of nitrogens with zero attached hydrogens (tertiary/aromatic N) is 1. The normalized spacial score (nSPS) is 7.27. The summed E-state index contributed by atoms with van der Waals surface area (Å²) in [6.45, 7) is 1.43. The van der Waals surface area contributed by atoms with Crippen LogP contribution in [-0.2, 0) is 0 Å². The highest BCUT2D eigenvalue weighted by Crippen LogP contribution is 1.97. The Hall–Kier alpha value is -1.76. The number of hydrogen-bond donors (Lipinski definition) is 1. The summed E-state index contributed by atoms with van der Waals surface area (Å²) in [5.74, 6) is -1.06. The molecule has 1 heterocycles. The molecule has 0 aliphatic rings. The van der Waals surface area contributed by atoms with E-state index in [1.807, 2.05) is 0 Å². The Morgan fingerprint density at radius 2 is 2.36 bits per heavy atom. The number of furan rings is 1. The lowest BCUT2D eigenvalue weighted by atomic mass is 10.5. The van der Waals surface area contributed by atoms with Crippen molar-refractivity contribution in [1.29, 1.82) is 5.26 Å². The van der Waals surface area contributed by atoms with E-state index in [0.717, 1.165) is 0 Å². The minimum atomic E-state index is -1.03. The van der Waals surface area contributed by atoms with Crippen LogP contribution >= 0.6 is 0 Å². The second-order valence-corrected chi connectivity index (χ2v) is 1.51. The maximum Gasteiger partial charge on any atom is 0.371 e. The van der Waals surface area contributed by atoms with Crippen LogP contribution < -0.4 is 0 Å². The molecule has 0 amide bonds. The Kier molecular flexibility index (Phi) is 4.25. The summed E-state index contributed by atoms with van der Waals surface area (Å²) < 4.78 is 4.50. The molecule has 0 atom stereocenters. The SMILES string of the molecule is CC#N.O=C(O)c1ccco1. The molecule has 0 saturated carbocycles. The summed E-state index contributed by atoms with van der Waals surface area (Å²) in [5, 5.41) is 15.5. The summed E-state index contributed by atoms with van der Waals surface area (Å²) >= 11 is 0. The van der Waals surface area contributed by atoms with Crippen molar-refractivity contribution in [2.45, 2.75) is 6.92 Å². The monoisotopic (exact) mass is 153 g/mol. The van der Waals surface area contributed by atoms with Crippen molar-refractivity contribution in [3.8, 4) is 6.07 Å². The molecule has 0 aromatic carbocycles. The van der Waals surface area contributed by atoms with Crippen molar-refractivity contribution in [2.75, 3.05) is 0 Å². The van der Waals surface area contributed by atoms with Gasteiger partial charge in [-0.1, -0.05) is 0 Å². The summed E-state index contributed by atoms with van der Waals surface area (Å²) in [5.41, 5.74) is 0. The average molecular weight is 153 g/mol. The fourth-order valence-corrected chi connectivity index (χ4v) is 0.400. The van der Waals surface area contributed by atoms with Gasteiger partial charge in [-0.3, -0.25) is 0 Å². The molecule has 1 aromatic rings. The zero-order chi connectivity index (χ0) is 8.69. The Morgan fingerprint density at radius 3 is 2.55 bits per heavy atom. The predicted octanol–water partition coefficient (Wildman–Crippen LogP) is 1.51. The molecule has 0 aliphatic carbocycles. The lowest BCUT2D eigenvalue weighted by Crippen LogP contribution is -1.90. The molecule has 0 saturated heterocycles. The summed E-state index contributed by atoms with van der Waals surface area (Å²) in [6, 6.07) is 4.67. The summed E-state index contributed by atoms with van der Waals surface area (Å²) in [4.78, 5) is 9.97. The van der Waals surface area contributed by atoms with Gasteiger partial charge in [-0.25, -0.2) is 4.79 Å². The summed E-state index contributed by atoms with van der Waals surface area (Å²) in [6.07, 6.45) is 1.32. The first-order valence-corrected chi connectivity index (χ1v) is 2.80. The van der Waals surface area contributed by atoms with E-state index in [1.54, 1.807) is 6.07 Å². The van der Waals surface area contributed by atoms with E-state index in [9.17, 15) is 4.79 Å². The molecule has 4 nitrogen and oxygen atoms in total. The molecule has 1 N–H and O–H groups in total. The van der Waals surface area contributed by atoms with Crippen LogP contribution in [0.1, 0.15) is 17.5 Å². The highest BCUT2D eigenvalue weighted by Gasteiger charge is 2.01. The molecule has 0 bridgehead atoms. The van der Waals surface area contributed by atoms with E-state index in [4.69, 9.17) is 10.4 Å². The quantitative estimate of drug-likeness (QED) is 0.663. The third kappa shape index (κ3) is 3.76. The lowest BCUT2D eigenvalue weighted by Gasteiger charge is -1.79. The topological polar surface area (TPSA) is 74.2 Å². The highest BCUT2D eigenvalue weighted by molar-refractivity contribution is 5.84. The predicted molar refractivity (Wildman–Crippen MR) is 37.0 cm³/mol. The first-order valence-electron chi connectivity index (χ1n) is 2.80. The largest absolute Gasteiger partial charge is 0.475 e. The zero-order valence-electron chi connectivity index (χ0n) is 5.94. The molecule has 0 aliphatic heterocycles. The number of carbonyl (C=O) groups is 1. The van der Waals surface area contributed by atoms with E-state index in [-0.39, 0.29) is 5.76 Å². The number of carboxylic acid groups (broad SMARTS) is 1. The lowest BCUT2D eigenvalue weighted by molar-refractivity contribution is 0.0662. The molecule has 1 rings (SSSR count). The van der Waals surface area contributed by atoms with Crippen molar-refractivity contribution in [3.63, 3.8) is 0 Å². The van der Waals surface area contributed by atoms with Gasteiger partial charge in [0.25, 0.3) is 0 Å². The summed E-state index contributed by atoms with van der Waals surface area (Å²) in [7, 11) is 0. The van der Waals surface area contributed by atoms with Gasteiger partial charge >= 0.3 is 5.97 Å². The molecule has 1 aromatic heterocycles. The van der Waals surface area contributed by atoms with Crippen molar-refractivity contribution in [3.05, 3.63) is 24.2 Å². The van der Waals surface area contributed by atoms with Gasteiger partial charge in [0.15, 0.2) is 0 Å². The minimum Gasteiger partial charge on any atom is -0.475 e. The van der Waals surface area contributed by atoms with Gasteiger partial charge in [0.05, 0.1) is 12.3 Å². The molecule has 0 fully saturated rings. The number of hydrogen-bond acceptors (Lipinski definition) is 3. The van der Waals surface area contributed by atoms with Crippen LogP contribution in [0, 0.1) is 11.3 Å². The van der Waals surface area contributed by atoms with Gasteiger partial charge in [-0.15, -0.1) is 0 Å². The van der Waals surface area contributed by atoms with Crippen LogP contribution in [0.25, 0.3) is 0 Å². The molecule has 4 heteroatoms. The standard InChI is InChI=1S/C5H4O3.C2H3N/c6-5(7)4-2-1-3-8-4;1-2-3/h1-3H,(H,6,7);1H3. The molecule has 58 valence electrons. The van der Waals surface area contributed by atoms with Crippen LogP contribution in [0.5, 0.6) is 0 Å². The minimum absolute atomic E-state index is 0.0231. The maximum atomic E-state index is 9.97. The van der Waals surface area contributed by atoms with Crippen LogP contribution in [-0.4, -0.2) is 11.1 Å². The fourth-order valence-electron chi connectivity index (χ4n) is 0.400. The first kappa shape index (κ1) is 9.24. The third-order valence-corrected chi connectivity index (χ3v) is 0.732. The molecular weight excluding hydrogens is 146 g/mol. The number of carboxylic acids is 1. The van der Waals surface area contributed by atoms with Crippen LogP contribution in [0.3, 0.4) is 0 Å². The van der Waals surface area contributed by atoms with E-state index >= 15 is 0 Å². The van der Waals surface area contributed by atoms with Gasteiger partial charge in [-0.05, 0) is 12.1 Å². The molecule has 0 spiro atoms. The fraction of sp³-hybridized carbons (Fsp3) is 0.143. The Balaban J connectivity index is 0.000000292. The average Bonchev–Trinajstić information content (AvgIpc) is 2.38. The Morgan fingerprint density at radius 1 is 1.82 bits per heavy atom. The van der Waals surface area contributed by atoms with Crippen LogP contribution in [0.2, 0.25) is 0 Å². The second-order valence-electron chi connectivity index (χ2n) is 1.51. The van der Waals surface area contributed by atoms with Crippen molar-refractivity contribution in [1.82, 2.24) is 0 Å². The van der Waals surface area contributed by atoms with Crippen molar-refractivity contribution in [2.24, 2.45) is 0 Å². The van der Waals surface area contributed by atoms with E-state index < -0.39 is 5.97 Å². The smallest absolute Gasteiger partial charge is 0.371 e.